The molecule has 6 rings (SSSR count). The zero-order chi connectivity index (χ0) is 28.1. The van der Waals surface area contributed by atoms with E-state index < -0.39 is 11.5 Å². The number of aryl methyl sites for hydroxylation is 2. The summed E-state index contributed by atoms with van der Waals surface area (Å²) in [6.45, 7) is 11.3. The van der Waals surface area contributed by atoms with E-state index in [0.717, 1.165) is 11.3 Å². The van der Waals surface area contributed by atoms with Crippen molar-refractivity contribution in [1.29, 1.82) is 0 Å². The van der Waals surface area contributed by atoms with Gasteiger partial charge in [0, 0.05) is 38.4 Å². The van der Waals surface area contributed by atoms with Crippen LogP contribution in [-0.4, -0.2) is 71.0 Å². The van der Waals surface area contributed by atoms with Crippen molar-refractivity contribution in [1.82, 2.24) is 39.4 Å². The van der Waals surface area contributed by atoms with Gasteiger partial charge in [0.05, 0.1) is 23.0 Å². The molecule has 1 amide bonds. The fourth-order valence-corrected chi connectivity index (χ4v) is 5.73. The highest BCUT2D eigenvalue weighted by Crippen LogP contribution is 2.34. The number of piperazine rings is 1. The van der Waals surface area contributed by atoms with Gasteiger partial charge in [0.15, 0.2) is 11.5 Å². The highest BCUT2D eigenvalue weighted by molar-refractivity contribution is 5.91. The molecule has 0 aromatic carbocycles. The number of anilines is 1. The Morgan fingerprint density at radius 2 is 2.05 bits per heavy atom. The molecular weight excluding hydrogens is 513 g/mol. The molecule has 0 unspecified atom stereocenters. The first-order valence-corrected chi connectivity index (χ1v) is 13.5. The van der Waals surface area contributed by atoms with Gasteiger partial charge in [0.25, 0.3) is 0 Å². The van der Waals surface area contributed by atoms with Gasteiger partial charge < -0.3 is 9.80 Å². The first-order chi connectivity index (χ1) is 19.3. The number of pyridine rings is 2. The van der Waals surface area contributed by atoms with Crippen LogP contribution in [0.15, 0.2) is 42.0 Å². The molecule has 4 aromatic rings. The third kappa shape index (κ3) is 4.14. The van der Waals surface area contributed by atoms with Crippen molar-refractivity contribution in [3.05, 3.63) is 64.7 Å². The first-order valence-electron chi connectivity index (χ1n) is 13.5. The van der Waals surface area contributed by atoms with E-state index in [1.807, 2.05) is 31.7 Å². The van der Waals surface area contributed by atoms with Gasteiger partial charge in [-0.15, -0.1) is 5.10 Å². The minimum Gasteiger partial charge on any atom is -0.350 e. The number of aromatic nitrogens is 7. The van der Waals surface area contributed by atoms with E-state index in [0.29, 0.717) is 61.6 Å². The average Bonchev–Trinajstić information content (AvgIpc) is 3.39. The van der Waals surface area contributed by atoms with E-state index >= 15 is 4.39 Å². The van der Waals surface area contributed by atoms with Gasteiger partial charge in [0.2, 0.25) is 5.91 Å². The Kier molecular flexibility index (Phi) is 6.40. The predicted octanol–water partition coefficient (Wildman–Crippen LogP) is 2.87. The maximum Gasteiger partial charge on any atom is 0.355 e. The van der Waals surface area contributed by atoms with Crippen LogP contribution in [0.2, 0.25) is 0 Å². The monoisotopic (exact) mass is 543 g/mol. The maximum absolute atomic E-state index is 15.9. The van der Waals surface area contributed by atoms with Gasteiger partial charge in [-0.3, -0.25) is 9.78 Å². The van der Waals surface area contributed by atoms with Crippen LogP contribution in [0.25, 0.3) is 28.1 Å². The normalized spacial score (nSPS) is 17.1. The molecule has 40 heavy (non-hydrogen) atoms. The molecule has 1 saturated heterocycles. The van der Waals surface area contributed by atoms with E-state index in [9.17, 15) is 9.59 Å². The minimum atomic E-state index is -0.563. The largest absolute Gasteiger partial charge is 0.355 e. The quantitative estimate of drug-likeness (QED) is 0.363. The Labute approximate surface area is 230 Å². The Hall–Kier alpha value is -4.48. The lowest BCUT2D eigenvalue weighted by Gasteiger charge is -2.40. The van der Waals surface area contributed by atoms with Crippen molar-refractivity contribution < 1.29 is 9.18 Å². The molecule has 4 aromatic heterocycles. The fourth-order valence-electron chi connectivity index (χ4n) is 5.73. The topological polar surface area (TPSA) is 115 Å². The Morgan fingerprint density at radius 3 is 2.80 bits per heavy atom. The molecular formula is C28H30FN9O2. The van der Waals surface area contributed by atoms with E-state index in [4.69, 9.17) is 4.98 Å². The number of halogens is 1. The molecule has 11 nitrogen and oxygen atoms in total. The Balaban J connectivity index is 1.65. The molecule has 2 aliphatic heterocycles. The van der Waals surface area contributed by atoms with Gasteiger partial charge >= 0.3 is 5.69 Å². The van der Waals surface area contributed by atoms with E-state index in [2.05, 4.69) is 26.9 Å². The molecule has 2 aliphatic rings. The molecule has 0 aliphatic carbocycles. The van der Waals surface area contributed by atoms with Crippen molar-refractivity contribution >= 4 is 22.8 Å². The summed E-state index contributed by atoms with van der Waals surface area (Å²) >= 11 is 0. The summed E-state index contributed by atoms with van der Waals surface area (Å²) in [5.41, 5.74) is 2.58. The van der Waals surface area contributed by atoms with Crippen LogP contribution >= 0.6 is 0 Å². The summed E-state index contributed by atoms with van der Waals surface area (Å²) < 4.78 is 19.0. The van der Waals surface area contributed by atoms with Crippen LogP contribution in [0.3, 0.4) is 0 Å². The highest BCUT2D eigenvalue weighted by Gasteiger charge is 2.31. The number of fused-ring (bicyclic) bond motifs is 5. The van der Waals surface area contributed by atoms with Crippen molar-refractivity contribution in [2.24, 2.45) is 0 Å². The first kappa shape index (κ1) is 25.8. The van der Waals surface area contributed by atoms with Crippen molar-refractivity contribution in [3.8, 4) is 17.1 Å². The molecule has 1 atom stereocenters. The van der Waals surface area contributed by atoms with Crippen LogP contribution in [-0.2, 0) is 17.8 Å². The Morgan fingerprint density at radius 1 is 1.23 bits per heavy atom. The number of nitrogens with zero attached hydrogens (tertiary/aromatic N) is 9. The second-order valence-corrected chi connectivity index (χ2v) is 10.6. The van der Waals surface area contributed by atoms with E-state index in [1.165, 1.54) is 22.9 Å². The van der Waals surface area contributed by atoms with E-state index in [-0.39, 0.29) is 29.2 Å². The van der Waals surface area contributed by atoms with Crippen molar-refractivity contribution in [2.45, 2.75) is 52.1 Å². The summed E-state index contributed by atoms with van der Waals surface area (Å²) in [6, 6.07) is 3.12. The standard InChI is InChI=1S/C28H30FN9O2/c1-5-22(39)35-11-12-36(17(4)15-35)26-19-13-20(29)24-21-14-31-34-37(21)10-6-7-18-8-9-30-23(16(2)3)25(18)38(27(19)32-24)28(40)33-26/h5,8-9,13-14,16-17H,1,6-7,10-12,15H2,2-4H3/t17-/m0/s1. The maximum atomic E-state index is 15.9. The van der Waals surface area contributed by atoms with Gasteiger partial charge in [0.1, 0.15) is 17.2 Å². The summed E-state index contributed by atoms with van der Waals surface area (Å²) in [7, 11) is 0. The average molecular weight is 544 g/mol. The molecule has 0 radical (unpaired) electrons. The lowest BCUT2D eigenvalue weighted by atomic mass is 10.0. The number of amides is 1. The second kappa shape index (κ2) is 9.92. The number of carbonyl (C=O) groups is 1. The summed E-state index contributed by atoms with van der Waals surface area (Å²) in [6.07, 6.45) is 5.88. The summed E-state index contributed by atoms with van der Waals surface area (Å²) in [4.78, 5) is 43.9. The van der Waals surface area contributed by atoms with Gasteiger partial charge in [-0.25, -0.2) is 23.4 Å². The Bertz CT molecular complexity index is 1710. The van der Waals surface area contributed by atoms with Crippen LogP contribution < -0.4 is 10.6 Å². The van der Waals surface area contributed by atoms with Crippen molar-refractivity contribution in [3.63, 3.8) is 0 Å². The van der Waals surface area contributed by atoms with Crippen LogP contribution in [0.5, 0.6) is 0 Å². The van der Waals surface area contributed by atoms with Crippen molar-refractivity contribution in [2.75, 3.05) is 24.5 Å². The molecule has 12 heteroatoms. The fraction of sp³-hybridized carbons (Fsp3) is 0.393. The van der Waals surface area contributed by atoms with Gasteiger partial charge in [-0.1, -0.05) is 25.6 Å². The number of carbonyl (C=O) groups excluding carboxylic acids is 1. The number of hydrogen-bond donors (Lipinski definition) is 0. The molecule has 1 fully saturated rings. The zero-order valence-corrected chi connectivity index (χ0v) is 22.7. The molecule has 6 heterocycles. The van der Waals surface area contributed by atoms with Crippen LogP contribution in [0.1, 0.15) is 44.4 Å². The third-order valence-electron chi connectivity index (χ3n) is 7.67. The SMILES string of the molecule is C=CC(=O)N1CCN(c2nc(=O)n3c4nc(c(F)cc24)-c2cnnn2CCCc2ccnc(C(C)C)c2-3)[C@@H](C)C1. The molecule has 2 bridgehead atoms. The lowest BCUT2D eigenvalue weighted by Crippen LogP contribution is -2.54. The highest BCUT2D eigenvalue weighted by atomic mass is 19.1. The smallest absolute Gasteiger partial charge is 0.350 e. The van der Waals surface area contributed by atoms with Crippen LogP contribution in [0.4, 0.5) is 10.2 Å². The second-order valence-electron chi connectivity index (χ2n) is 10.6. The summed E-state index contributed by atoms with van der Waals surface area (Å²) in [5.74, 6) is -0.368. The molecule has 206 valence electrons. The van der Waals surface area contributed by atoms with Gasteiger partial charge in [-0.05, 0) is 49.5 Å². The molecule has 0 spiro atoms. The van der Waals surface area contributed by atoms with Crippen LogP contribution in [0, 0.1) is 5.82 Å². The zero-order valence-electron chi connectivity index (χ0n) is 22.7. The molecule has 0 N–H and O–H groups in total. The third-order valence-corrected chi connectivity index (χ3v) is 7.67. The summed E-state index contributed by atoms with van der Waals surface area (Å²) in [5, 5.41) is 8.58. The lowest BCUT2D eigenvalue weighted by molar-refractivity contribution is -0.126. The molecule has 0 saturated carbocycles. The predicted molar refractivity (Wildman–Crippen MR) is 148 cm³/mol. The number of rotatable bonds is 3. The number of hydrogen-bond acceptors (Lipinski definition) is 8. The van der Waals surface area contributed by atoms with E-state index in [1.54, 1.807) is 15.8 Å². The van der Waals surface area contributed by atoms with Gasteiger partial charge in [-0.2, -0.15) is 4.98 Å². The minimum absolute atomic E-state index is 0.0109.